The summed E-state index contributed by atoms with van der Waals surface area (Å²) in [6.45, 7) is 0. The van der Waals surface area contributed by atoms with E-state index in [9.17, 15) is 0 Å². The van der Waals surface area contributed by atoms with Gasteiger partial charge in [-0.3, -0.25) is 0 Å². The minimum absolute atomic E-state index is 0.783. The summed E-state index contributed by atoms with van der Waals surface area (Å²) in [6, 6.07) is 29.4. The number of rotatable bonds is 5. The topological polar surface area (TPSA) is 18.5 Å². The van der Waals surface area contributed by atoms with Crippen LogP contribution in [0.1, 0.15) is 0 Å². The van der Waals surface area contributed by atoms with Gasteiger partial charge in [-0.15, -0.1) is 0 Å². The molecule has 0 aliphatic carbocycles. The van der Waals surface area contributed by atoms with Gasteiger partial charge in [0.2, 0.25) is 0 Å². The molecule has 0 spiro atoms. The predicted molar refractivity (Wildman–Crippen MR) is 97.5 cm³/mol. The molecule has 4 heteroatoms. The zero-order chi connectivity index (χ0) is 15.3. The van der Waals surface area contributed by atoms with Gasteiger partial charge in [0, 0.05) is 0 Å². The van der Waals surface area contributed by atoms with Crippen LogP contribution in [0.25, 0.3) is 0 Å². The molecule has 112 valence electrons. The van der Waals surface area contributed by atoms with Crippen molar-refractivity contribution in [3.8, 4) is 11.5 Å². The van der Waals surface area contributed by atoms with Gasteiger partial charge in [0.05, 0.1) is 0 Å². The van der Waals surface area contributed by atoms with Crippen LogP contribution in [0.2, 0.25) is 0 Å². The third-order valence-corrected chi connectivity index (χ3v) is 7.47. The Morgan fingerprint density at radius 1 is 0.545 bits per heavy atom. The zero-order valence-electron chi connectivity index (χ0n) is 11.9. The summed E-state index contributed by atoms with van der Waals surface area (Å²) >= 11 is 3.76. The number of hydrogen-bond acceptors (Lipinski definition) is 2. The molecule has 0 aromatic heterocycles. The van der Waals surface area contributed by atoms with E-state index >= 15 is 0 Å². The molecule has 0 saturated heterocycles. The first-order valence-electron chi connectivity index (χ1n) is 6.99. The van der Waals surface area contributed by atoms with Gasteiger partial charge in [0.25, 0.3) is 0 Å². The summed E-state index contributed by atoms with van der Waals surface area (Å²) in [5.74, 6) is 1.57. The summed E-state index contributed by atoms with van der Waals surface area (Å²) in [4.78, 5) is 0. The maximum absolute atomic E-state index is 6.23. The number of benzene rings is 3. The molecule has 0 radical (unpaired) electrons. The molecule has 22 heavy (non-hydrogen) atoms. The zero-order valence-corrected chi connectivity index (χ0v) is 14.4. The monoisotopic (exact) mass is 374 g/mol. The molecule has 0 saturated carbocycles. The van der Waals surface area contributed by atoms with E-state index in [1.165, 1.54) is 0 Å². The van der Waals surface area contributed by atoms with Crippen molar-refractivity contribution in [2.75, 3.05) is 0 Å². The first-order chi connectivity index (χ1) is 10.8. The summed E-state index contributed by atoms with van der Waals surface area (Å²) in [6.07, 6.45) is -2.79. The van der Waals surface area contributed by atoms with E-state index in [1.807, 2.05) is 91.0 Å². The molecule has 0 unspecified atom stereocenters. The number of para-hydroxylation sites is 2. The third-order valence-electron chi connectivity index (χ3n) is 3.10. The summed E-state index contributed by atoms with van der Waals surface area (Å²) < 4.78 is 12.5. The Balaban J connectivity index is 1.95. The van der Waals surface area contributed by atoms with Crippen LogP contribution in [0.4, 0.5) is 0 Å². The normalized spacial score (nSPS) is 11.7. The Bertz CT molecular complexity index is 663. The fourth-order valence-electron chi connectivity index (χ4n) is 2.06. The van der Waals surface area contributed by atoms with Crippen molar-refractivity contribution in [3.05, 3.63) is 91.0 Å². The van der Waals surface area contributed by atoms with Crippen molar-refractivity contribution in [3.63, 3.8) is 0 Å². The van der Waals surface area contributed by atoms with Crippen molar-refractivity contribution in [1.82, 2.24) is 0 Å². The molecule has 0 aliphatic rings. The molecule has 0 fully saturated rings. The molecule has 3 aromatic carbocycles. The van der Waals surface area contributed by atoms with Crippen LogP contribution < -0.4 is 14.4 Å². The maximum atomic E-state index is 6.23. The van der Waals surface area contributed by atoms with Crippen LogP contribution >= 0.6 is 21.9 Å². The molecule has 0 heterocycles. The van der Waals surface area contributed by atoms with Crippen LogP contribution in [0, 0.1) is 0 Å². The molecular weight excluding hydrogens is 359 g/mol. The Morgan fingerprint density at radius 2 is 0.909 bits per heavy atom. The molecule has 0 aliphatic heterocycles. The molecule has 3 rings (SSSR count). The van der Waals surface area contributed by atoms with Gasteiger partial charge in [0.15, 0.2) is 0 Å². The second kappa shape index (κ2) is 6.95. The standard InChI is InChI=1S/C18H16BrO2P/c19-22(18-14-8-3-9-15-18,20-16-10-4-1-5-11-16)21-17-12-6-2-7-13-17/h1-15,22H. The van der Waals surface area contributed by atoms with Crippen molar-refractivity contribution in [2.45, 2.75) is 0 Å². The SMILES string of the molecule is Br[PH](Oc1ccccc1)(Oc1ccccc1)c1ccccc1. The first kappa shape index (κ1) is 15.1. The van der Waals surface area contributed by atoms with Crippen molar-refractivity contribution in [1.29, 1.82) is 0 Å². The van der Waals surface area contributed by atoms with Crippen LogP contribution in [0.15, 0.2) is 91.0 Å². The second-order valence-corrected chi connectivity index (χ2v) is 9.92. The molecule has 2 nitrogen and oxygen atoms in total. The summed E-state index contributed by atoms with van der Waals surface area (Å²) in [5.41, 5.74) is 0. The Kier molecular flexibility index (Phi) is 4.77. The van der Waals surface area contributed by atoms with Crippen LogP contribution in [0.5, 0.6) is 11.5 Å². The van der Waals surface area contributed by atoms with Crippen LogP contribution in [0.3, 0.4) is 0 Å². The van der Waals surface area contributed by atoms with Gasteiger partial charge in [-0.25, -0.2) is 0 Å². The van der Waals surface area contributed by atoms with E-state index in [0.717, 1.165) is 16.8 Å². The van der Waals surface area contributed by atoms with E-state index in [1.54, 1.807) is 0 Å². The fourth-order valence-corrected chi connectivity index (χ4v) is 5.72. The molecule has 0 bridgehead atoms. The Labute approximate surface area is 139 Å². The minimum atomic E-state index is -2.79. The van der Waals surface area contributed by atoms with Crippen LogP contribution in [-0.4, -0.2) is 0 Å². The molecule has 0 N–H and O–H groups in total. The fraction of sp³-hybridized carbons (Fsp3) is 0. The average Bonchev–Trinajstić information content (AvgIpc) is 2.57. The summed E-state index contributed by atoms with van der Waals surface area (Å²) in [7, 11) is 0. The number of hydrogen-bond donors (Lipinski definition) is 0. The number of halogens is 1. The van der Waals surface area contributed by atoms with Gasteiger partial charge >= 0.3 is 139 Å². The van der Waals surface area contributed by atoms with E-state index in [4.69, 9.17) is 9.05 Å². The van der Waals surface area contributed by atoms with Crippen molar-refractivity contribution >= 4 is 27.2 Å². The van der Waals surface area contributed by atoms with Gasteiger partial charge in [0.1, 0.15) is 0 Å². The van der Waals surface area contributed by atoms with Gasteiger partial charge in [-0.2, -0.15) is 0 Å². The first-order valence-corrected chi connectivity index (χ1v) is 11.1. The van der Waals surface area contributed by atoms with E-state index in [-0.39, 0.29) is 0 Å². The molecule has 3 aromatic rings. The van der Waals surface area contributed by atoms with Gasteiger partial charge in [-0.1, -0.05) is 0 Å². The molecule has 0 atom stereocenters. The van der Waals surface area contributed by atoms with Gasteiger partial charge in [-0.05, 0) is 0 Å². The van der Waals surface area contributed by atoms with Crippen molar-refractivity contribution in [2.24, 2.45) is 0 Å². The van der Waals surface area contributed by atoms with Crippen molar-refractivity contribution < 1.29 is 9.05 Å². The second-order valence-electron chi connectivity index (χ2n) is 4.73. The molecular formula is C18H16BrO2P. The van der Waals surface area contributed by atoms with Gasteiger partial charge < -0.3 is 0 Å². The van der Waals surface area contributed by atoms with E-state index < -0.39 is 6.42 Å². The third kappa shape index (κ3) is 3.68. The molecule has 0 amide bonds. The Morgan fingerprint density at radius 3 is 1.32 bits per heavy atom. The van der Waals surface area contributed by atoms with Crippen LogP contribution in [-0.2, 0) is 0 Å². The average molecular weight is 375 g/mol. The van der Waals surface area contributed by atoms with E-state index in [0.29, 0.717) is 0 Å². The Hall–Kier alpha value is -1.83. The quantitative estimate of drug-likeness (QED) is 0.559. The predicted octanol–water partition coefficient (Wildman–Crippen LogP) is 5.36. The summed E-state index contributed by atoms with van der Waals surface area (Å²) in [5, 5.41) is 1.02. The van der Waals surface area contributed by atoms with E-state index in [2.05, 4.69) is 15.5 Å².